The van der Waals surface area contributed by atoms with Gasteiger partial charge in [-0.15, -0.1) is 6.58 Å². The van der Waals surface area contributed by atoms with E-state index in [0.29, 0.717) is 23.9 Å². The fraction of sp³-hybridized carbons (Fsp3) is 0.613. The summed E-state index contributed by atoms with van der Waals surface area (Å²) >= 11 is 0. The third-order valence-corrected chi connectivity index (χ3v) is 11.0. The van der Waals surface area contributed by atoms with E-state index in [1.165, 1.54) is 19.4 Å². The number of hydrogen-bond donors (Lipinski definition) is 3. The third-order valence-electron chi connectivity index (χ3n) is 11.0. The van der Waals surface area contributed by atoms with Gasteiger partial charge in [0.15, 0.2) is 12.4 Å². The van der Waals surface area contributed by atoms with Gasteiger partial charge in [0, 0.05) is 16.7 Å². The van der Waals surface area contributed by atoms with Crippen LogP contribution < -0.4 is 10.2 Å². The molecule has 2 unspecified atom stereocenters. The maximum absolute atomic E-state index is 13.4. The molecule has 0 aromatic heterocycles. The van der Waals surface area contributed by atoms with Crippen LogP contribution >= 0.6 is 0 Å². The van der Waals surface area contributed by atoms with Crippen LogP contribution in [0.2, 0.25) is 0 Å². The van der Waals surface area contributed by atoms with Gasteiger partial charge in [-0.05, 0) is 66.1 Å². The molecule has 0 saturated heterocycles. The minimum absolute atomic E-state index is 0.0102. The number of nitrogens with zero attached hydrogens (tertiary/aromatic N) is 2. The quantitative estimate of drug-likeness (QED) is 0.263. The van der Waals surface area contributed by atoms with E-state index >= 15 is 0 Å². The van der Waals surface area contributed by atoms with E-state index in [2.05, 4.69) is 30.3 Å². The monoisotopic (exact) mass is 596 g/mol. The van der Waals surface area contributed by atoms with E-state index in [0.717, 1.165) is 4.92 Å². The number of aliphatic hydroxyl groups is 2. The second-order valence-corrected chi connectivity index (χ2v) is 13.2. The average Bonchev–Trinajstić information content (AvgIpc) is 3.27. The molecule has 3 N–H and O–H groups in total. The van der Waals surface area contributed by atoms with Gasteiger partial charge < -0.3 is 29.4 Å². The lowest BCUT2D eigenvalue weighted by molar-refractivity contribution is -0.184. The molecule has 4 aliphatic rings. The fourth-order valence-electron chi connectivity index (χ4n) is 8.26. The van der Waals surface area contributed by atoms with E-state index in [-0.39, 0.29) is 47.5 Å². The second kappa shape index (κ2) is 11.4. The minimum atomic E-state index is -1.40. The zero-order chi connectivity index (χ0) is 31.4. The molecule has 0 radical (unpaired) electrons. The van der Waals surface area contributed by atoms with Crippen molar-refractivity contribution >= 4 is 36.6 Å². The lowest BCUT2D eigenvalue weighted by atomic mass is 9.52. The van der Waals surface area contributed by atoms with Crippen LogP contribution in [0.15, 0.2) is 36.0 Å². The van der Waals surface area contributed by atoms with Crippen molar-refractivity contribution in [3.63, 3.8) is 0 Å². The molecule has 3 fully saturated rings. The number of methoxy groups -OCH3 is 1. The molecule has 0 spiro atoms. The number of rotatable bonds is 5. The summed E-state index contributed by atoms with van der Waals surface area (Å²) < 4.78 is 16.6. The minimum Gasteiger partial charge on any atom is -0.482 e. The van der Waals surface area contributed by atoms with Crippen molar-refractivity contribution in [2.75, 3.05) is 13.7 Å². The summed E-state index contributed by atoms with van der Waals surface area (Å²) in [7, 11) is -0.215. The first-order valence-corrected chi connectivity index (χ1v) is 14.9. The molecule has 11 nitrogen and oxygen atoms in total. The number of fused-ring (bicyclic) bond motifs is 1. The average molecular weight is 596 g/mol. The first-order chi connectivity index (χ1) is 20.3. The highest BCUT2D eigenvalue weighted by Crippen LogP contribution is 2.64. The fourth-order valence-corrected chi connectivity index (χ4v) is 8.26. The molecule has 232 valence electrons. The van der Waals surface area contributed by atoms with Crippen LogP contribution in [0.1, 0.15) is 52.5 Å². The number of benzene rings is 1. The summed E-state index contributed by atoms with van der Waals surface area (Å²) in [6, 6.07) is 4.79. The van der Waals surface area contributed by atoms with E-state index in [1.54, 1.807) is 18.2 Å². The molecule has 1 heterocycles. The topological polar surface area (TPSA) is 155 Å². The number of hydrogen-bond acceptors (Lipinski definition) is 10. The van der Waals surface area contributed by atoms with Crippen molar-refractivity contribution in [2.45, 2.75) is 65.3 Å². The number of carbonyl (C=O) groups excluding carboxylic acids is 3. The van der Waals surface area contributed by atoms with Crippen LogP contribution in [0.4, 0.5) is 4.79 Å². The molecule has 1 aliphatic heterocycles. The molecule has 10 atom stereocenters. The number of amides is 1. The molecule has 1 aromatic carbocycles. The number of hydrazone groups is 1. The predicted molar refractivity (Wildman–Crippen MR) is 157 cm³/mol. The zero-order valence-corrected chi connectivity index (χ0v) is 25.3. The Balaban J connectivity index is 1.39. The Kier molecular flexibility index (Phi) is 8.25. The first-order valence-electron chi connectivity index (χ1n) is 14.9. The normalized spacial score (nSPS) is 38.4. The van der Waals surface area contributed by atoms with Crippen LogP contribution in [0.5, 0.6) is 5.75 Å². The number of ether oxygens (including phenoxy) is 3. The van der Waals surface area contributed by atoms with E-state index in [1.807, 2.05) is 13.8 Å². The summed E-state index contributed by atoms with van der Waals surface area (Å²) in [6.07, 6.45) is 0.919. The number of carbonyl (C=O) groups is 3. The van der Waals surface area contributed by atoms with E-state index < -0.39 is 54.9 Å². The summed E-state index contributed by atoms with van der Waals surface area (Å²) in [4.78, 5) is 39.3. The summed E-state index contributed by atoms with van der Waals surface area (Å²) in [6.45, 7) is 11.6. The second-order valence-electron chi connectivity index (χ2n) is 13.2. The Morgan fingerprint density at radius 1 is 1.23 bits per heavy atom. The first kappa shape index (κ1) is 31.2. The van der Waals surface area contributed by atoms with Crippen molar-refractivity contribution in [2.24, 2.45) is 45.5 Å². The molecule has 1 aromatic rings. The van der Waals surface area contributed by atoms with E-state index in [9.17, 15) is 29.6 Å². The van der Waals surface area contributed by atoms with Crippen molar-refractivity contribution in [3.05, 3.63) is 36.4 Å². The van der Waals surface area contributed by atoms with Crippen LogP contribution in [-0.4, -0.2) is 83.3 Å². The van der Waals surface area contributed by atoms with Gasteiger partial charge in [0.05, 0.1) is 19.4 Å². The van der Waals surface area contributed by atoms with Crippen molar-refractivity contribution in [1.82, 2.24) is 4.92 Å². The van der Waals surface area contributed by atoms with Crippen LogP contribution in [0.3, 0.4) is 0 Å². The van der Waals surface area contributed by atoms with Gasteiger partial charge in [-0.2, -0.15) is 5.10 Å². The highest BCUT2D eigenvalue weighted by Gasteiger charge is 2.65. The molecule has 43 heavy (non-hydrogen) atoms. The molecule has 12 heteroatoms. The van der Waals surface area contributed by atoms with Gasteiger partial charge in [-0.1, -0.05) is 39.8 Å². The van der Waals surface area contributed by atoms with Gasteiger partial charge >= 0.3 is 19.1 Å². The number of aliphatic hydroxyl groups excluding tert-OH is 2. The van der Waals surface area contributed by atoms with Gasteiger partial charge in [0.2, 0.25) is 0 Å². The van der Waals surface area contributed by atoms with Crippen molar-refractivity contribution in [3.8, 4) is 5.75 Å². The molecule has 5 rings (SSSR count). The summed E-state index contributed by atoms with van der Waals surface area (Å²) in [5.41, 5.74) is -0.449. The Morgan fingerprint density at radius 2 is 1.95 bits per heavy atom. The Labute approximate surface area is 252 Å². The molecular formula is C31H41BN2O9. The van der Waals surface area contributed by atoms with Gasteiger partial charge in [0.25, 0.3) is 0 Å². The molecular weight excluding hydrogens is 555 g/mol. The van der Waals surface area contributed by atoms with Gasteiger partial charge in [-0.25, -0.2) is 14.5 Å². The van der Waals surface area contributed by atoms with Crippen LogP contribution in [0.25, 0.3) is 0 Å². The number of Topliss-reactive ketones (excluding diaryl/α,β-unsaturated/α-hetero) is 1. The Bertz CT molecular complexity index is 1340. The van der Waals surface area contributed by atoms with Crippen LogP contribution in [-0.2, 0) is 19.1 Å². The summed E-state index contributed by atoms with van der Waals surface area (Å²) in [5.74, 6) is -1.38. The van der Waals surface area contributed by atoms with Crippen LogP contribution in [0, 0.1) is 40.4 Å². The lowest BCUT2D eigenvalue weighted by Gasteiger charge is -2.55. The highest BCUT2D eigenvalue weighted by molar-refractivity contribution is 6.67. The number of esters is 1. The van der Waals surface area contributed by atoms with Gasteiger partial charge in [-0.3, -0.25) is 4.79 Å². The zero-order valence-electron chi connectivity index (χ0n) is 25.3. The van der Waals surface area contributed by atoms with Gasteiger partial charge in [0.1, 0.15) is 18.0 Å². The van der Waals surface area contributed by atoms with Crippen molar-refractivity contribution < 1.29 is 43.8 Å². The summed E-state index contributed by atoms with van der Waals surface area (Å²) in [5, 5.41) is 36.8. The molecule has 3 aliphatic carbocycles. The Hall–Kier alpha value is -3.22. The molecule has 0 bridgehead atoms. The highest BCUT2D eigenvalue weighted by atomic mass is 16.6. The number of ketones is 1. The standard InChI is InChI=1S/C31H41BN2O9/c1-7-30(4)13-24(31(5)16(2)10-21-26(31)20(17(3)28(30)38)12-23(35)27(21)37)43-25(36)15-42-19-9-8-18-14-33-34(29(39)41-6)32(40)22(18)11-19/h7-9,11,14,16-17,20-21,23-24,26,28,35,38,40H,1,10,12-13,15H2,2-6H3/t16-,17-,20?,21?,23+,24-,26+,28+,30-,31+/m1/s1. The van der Waals surface area contributed by atoms with Crippen molar-refractivity contribution in [1.29, 1.82) is 0 Å². The molecule has 3 saturated carbocycles. The maximum atomic E-state index is 13.4. The maximum Gasteiger partial charge on any atom is 0.478 e. The lowest BCUT2D eigenvalue weighted by Crippen LogP contribution is -2.58. The third kappa shape index (κ3) is 5.07. The molecule has 1 amide bonds. The smallest absolute Gasteiger partial charge is 0.478 e. The largest absolute Gasteiger partial charge is 0.482 e. The Morgan fingerprint density at radius 3 is 2.63 bits per heavy atom. The van der Waals surface area contributed by atoms with E-state index in [4.69, 9.17) is 9.47 Å². The SMILES string of the molecule is C=C[C@]1(C)C[C@@H](OC(=O)COc2ccc3c(c2)B(O)N(C(=O)OC)N=C3)[C@@]2(C)[C@@H]3C(C[C@H]2C)C(=O)[C@@H](O)CC3[C@@H](C)[C@@H]1O. The predicted octanol–water partition coefficient (Wildman–Crippen LogP) is 1.90.